The molecule has 18 heavy (non-hydrogen) atoms. The fraction of sp³-hybridized carbons (Fsp3) is 0.833. The average molecular weight is 274 g/mol. The Hall–Kier alpha value is -0.750. The van der Waals surface area contributed by atoms with Crippen molar-refractivity contribution < 1.29 is 4.79 Å². The smallest absolute Gasteiger partial charge is 0.185 e. The largest absolute Gasteiger partial charge is 0.370 e. The molecule has 0 aliphatic heterocycles. The summed E-state index contributed by atoms with van der Waals surface area (Å²) in [6.45, 7) is 6.65. The summed E-state index contributed by atoms with van der Waals surface area (Å²) in [4.78, 5) is 12.2. The normalized spacial score (nSPS) is 14.3. The average Bonchev–Trinajstić information content (AvgIpc) is 2.30. The lowest BCUT2D eigenvalue weighted by Crippen LogP contribution is -2.44. The molecule has 0 aromatic rings. The molecule has 1 unspecified atom stereocenters. The Labute approximate surface area is 114 Å². The molecule has 6 heteroatoms. The lowest BCUT2D eigenvalue weighted by molar-refractivity contribution is -0.120. The minimum Gasteiger partial charge on any atom is -0.370 e. The number of nitrogens with two attached hydrogens (primary N) is 1. The van der Waals surface area contributed by atoms with Gasteiger partial charge in [-0.3, -0.25) is 10.2 Å². The van der Waals surface area contributed by atoms with E-state index in [2.05, 4.69) is 10.6 Å². The quantitative estimate of drug-likeness (QED) is 0.285. The minimum absolute atomic E-state index is 0.0158. The van der Waals surface area contributed by atoms with Crippen molar-refractivity contribution in [2.75, 3.05) is 12.8 Å². The number of hydrogen-bond donors (Lipinski definition) is 4. The fourth-order valence-corrected chi connectivity index (χ4v) is 2.04. The summed E-state index contributed by atoms with van der Waals surface area (Å²) in [5, 5.41) is 13.1. The van der Waals surface area contributed by atoms with Gasteiger partial charge in [0.2, 0.25) is 0 Å². The second-order valence-electron chi connectivity index (χ2n) is 4.64. The highest BCUT2D eigenvalue weighted by Crippen LogP contribution is 2.12. The van der Waals surface area contributed by atoms with Gasteiger partial charge in [0.15, 0.2) is 11.7 Å². The Morgan fingerprint density at radius 1 is 1.39 bits per heavy atom. The van der Waals surface area contributed by atoms with Gasteiger partial charge in [-0.1, -0.05) is 13.8 Å². The molecule has 0 aromatic carbocycles. The van der Waals surface area contributed by atoms with Crippen molar-refractivity contribution in [1.29, 1.82) is 5.41 Å². The molecule has 0 aliphatic rings. The van der Waals surface area contributed by atoms with Crippen LogP contribution in [0.1, 0.15) is 33.6 Å². The van der Waals surface area contributed by atoms with Gasteiger partial charge in [-0.15, -0.1) is 0 Å². The fourth-order valence-electron chi connectivity index (χ4n) is 1.64. The predicted octanol–water partition coefficient (Wildman–Crippen LogP) is 0.937. The van der Waals surface area contributed by atoms with E-state index in [1.165, 1.54) is 0 Å². The monoisotopic (exact) mass is 274 g/mol. The van der Waals surface area contributed by atoms with Crippen LogP contribution in [0.25, 0.3) is 0 Å². The molecule has 0 fully saturated rings. The summed E-state index contributed by atoms with van der Waals surface area (Å²) >= 11 is 1.57. The third kappa shape index (κ3) is 7.55. The first-order valence-electron chi connectivity index (χ1n) is 6.29. The minimum atomic E-state index is -0.110. The molecule has 0 saturated carbocycles. The number of guanidine groups is 1. The number of Topliss-reactive ketones (excluding diaryl/α,β-unsaturated/α-hetero) is 1. The Kier molecular flexibility index (Phi) is 8.83. The molecule has 0 bridgehead atoms. The highest BCUT2D eigenvalue weighted by Gasteiger charge is 2.23. The predicted molar refractivity (Wildman–Crippen MR) is 79.2 cm³/mol. The van der Waals surface area contributed by atoms with Crippen molar-refractivity contribution in [3.63, 3.8) is 0 Å². The van der Waals surface area contributed by atoms with E-state index in [1.807, 2.05) is 27.0 Å². The summed E-state index contributed by atoms with van der Waals surface area (Å²) in [6, 6.07) is 0.176. The van der Waals surface area contributed by atoms with Crippen LogP contribution in [0.5, 0.6) is 0 Å². The first-order valence-corrected chi connectivity index (χ1v) is 7.57. The van der Waals surface area contributed by atoms with Gasteiger partial charge in [0.25, 0.3) is 0 Å². The van der Waals surface area contributed by atoms with Crippen LogP contribution in [0.2, 0.25) is 0 Å². The molecule has 5 N–H and O–H groups in total. The zero-order valence-corrected chi connectivity index (χ0v) is 12.6. The maximum atomic E-state index is 12.2. The van der Waals surface area contributed by atoms with Crippen molar-refractivity contribution in [2.45, 2.75) is 50.9 Å². The van der Waals surface area contributed by atoms with Crippen molar-refractivity contribution in [1.82, 2.24) is 10.6 Å². The summed E-state index contributed by atoms with van der Waals surface area (Å²) in [5.41, 5.74) is 5.21. The van der Waals surface area contributed by atoms with E-state index in [0.29, 0.717) is 6.54 Å². The molecule has 0 rings (SSSR count). The van der Waals surface area contributed by atoms with Crippen LogP contribution in [0.15, 0.2) is 0 Å². The molecule has 0 amide bonds. The van der Waals surface area contributed by atoms with E-state index in [1.54, 1.807) is 11.8 Å². The number of carbonyl (C=O) groups excluding carboxylic acids is 1. The standard InChI is InChI=1S/C12H26N4OS/c1-8(2)16-10(11(17)9(3)18-4)6-5-7-15-12(13)14/h8-10,16H,5-7H2,1-4H3,(H4,13,14,15)/t9?,10-/m0/s1. The van der Waals surface area contributed by atoms with Crippen LogP contribution in [0.4, 0.5) is 0 Å². The molecule has 0 saturated heterocycles. The maximum Gasteiger partial charge on any atom is 0.185 e. The van der Waals surface area contributed by atoms with E-state index in [-0.39, 0.29) is 29.1 Å². The zero-order chi connectivity index (χ0) is 14.1. The van der Waals surface area contributed by atoms with E-state index in [4.69, 9.17) is 11.1 Å². The highest BCUT2D eigenvalue weighted by molar-refractivity contribution is 7.99. The van der Waals surface area contributed by atoms with Crippen LogP contribution < -0.4 is 16.4 Å². The van der Waals surface area contributed by atoms with E-state index in [9.17, 15) is 4.79 Å². The molecule has 106 valence electrons. The Morgan fingerprint density at radius 3 is 2.44 bits per heavy atom. The van der Waals surface area contributed by atoms with E-state index < -0.39 is 0 Å². The third-order valence-electron chi connectivity index (χ3n) is 2.62. The molecular weight excluding hydrogens is 248 g/mol. The van der Waals surface area contributed by atoms with Crippen LogP contribution >= 0.6 is 11.8 Å². The van der Waals surface area contributed by atoms with Crippen LogP contribution in [0, 0.1) is 5.41 Å². The van der Waals surface area contributed by atoms with Crippen LogP contribution in [0.3, 0.4) is 0 Å². The van der Waals surface area contributed by atoms with Crippen LogP contribution in [-0.2, 0) is 4.79 Å². The molecule has 2 atom stereocenters. The lowest BCUT2D eigenvalue weighted by atomic mass is 10.0. The van der Waals surface area contributed by atoms with Crippen molar-refractivity contribution >= 4 is 23.5 Å². The summed E-state index contributed by atoms with van der Waals surface area (Å²) in [5.74, 6) is 0.228. The molecule has 5 nitrogen and oxygen atoms in total. The Bertz CT molecular complexity index is 271. The van der Waals surface area contributed by atoms with Crippen molar-refractivity contribution in [2.24, 2.45) is 5.73 Å². The van der Waals surface area contributed by atoms with Gasteiger partial charge < -0.3 is 16.4 Å². The molecule has 0 aliphatic carbocycles. The van der Waals surface area contributed by atoms with Gasteiger partial charge >= 0.3 is 0 Å². The Balaban J connectivity index is 4.22. The van der Waals surface area contributed by atoms with Crippen molar-refractivity contribution in [3.05, 3.63) is 0 Å². The number of carbonyl (C=O) groups is 1. The molecular formula is C12H26N4OS. The maximum absolute atomic E-state index is 12.2. The van der Waals surface area contributed by atoms with E-state index >= 15 is 0 Å². The van der Waals surface area contributed by atoms with Gasteiger partial charge in [0.1, 0.15) is 0 Å². The van der Waals surface area contributed by atoms with Gasteiger partial charge in [0.05, 0.1) is 11.3 Å². The van der Waals surface area contributed by atoms with Gasteiger partial charge in [-0.2, -0.15) is 11.8 Å². The van der Waals surface area contributed by atoms with Gasteiger partial charge in [0, 0.05) is 12.6 Å². The van der Waals surface area contributed by atoms with Gasteiger partial charge in [-0.05, 0) is 26.0 Å². The van der Waals surface area contributed by atoms with Crippen molar-refractivity contribution in [3.8, 4) is 0 Å². The number of hydrogen-bond acceptors (Lipinski definition) is 4. The number of nitrogens with one attached hydrogen (secondary N) is 3. The third-order valence-corrected chi connectivity index (χ3v) is 3.56. The zero-order valence-electron chi connectivity index (χ0n) is 11.7. The van der Waals surface area contributed by atoms with Crippen LogP contribution in [-0.4, -0.2) is 41.9 Å². The first-order chi connectivity index (χ1) is 8.38. The molecule has 0 spiro atoms. The molecule has 0 radical (unpaired) electrons. The molecule has 0 aromatic heterocycles. The summed E-state index contributed by atoms with van der Waals surface area (Å²) in [6.07, 6.45) is 3.53. The number of thioether (sulfide) groups is 1. The second kappa shape index (κ2) is 9.22. The second-order valence-corrected chi connectivity index (χ2v) is 5.82. The SMILES string of the molecule is CSC(C)C(=O)[C@H](CCCNC(=N)N)NC(C)C. The first kappa shape index (κ1) is 17.2. The topological polar surface area (TPSA) is 91.0 Å². The number of ketones is 1. The molecule has 0 heterocycles. The number of rotatable bonds is 9. The lowest BCUT2D eigenvalue weighted by Gasteiger charge is -2.22. The highest BCUT2D eigenvalue weighted by atomic mass is 32.2. The van der Waals surface area contributed by atoms with E-state index in [0.717, 1.165) is 12.8 Å². The Morgan fingerprint density at radius 2 is 2.00 bits per heavy atom. The summed E-state index contributed by atoms with van der Waals surface area (Å²) in [7, 11) is 0. The summed E-state index contributed by atoms with van der Waals surface area (Å²) < 4.78 is 0. The van der Waals surface area contributed by atoms with Gasteiger partial charge in [-0.25, -0.2) is 0 Å².